The Balaban J connectivity index is 1.56. The molecule has 0 unspecified atom stereocenters. The molecule has 8 heteroatoms. The molecule has 1 heterocycles. The minimum Gasteiger partial charge on any atom is -0.493 e. The molecule has 0 radical (unpaired) electrons. The van der Waals surface area contributed by atoms with Crippen LogP contribution in [0.3, 0.4) is 0 Å². The zero-order valence-electron chi connectivity index (χ0n) is 20.0. The lowest BCUT2D eigenvalue weighted by molar-refractivity contribution is -0.122. The number of methoxy groups -OCH3 is 1. The highest BCUT2D eigenvalue weighted by Gasteiger charge is 2.34. The molecular formula is C28H26N2O5S. The number of carbonyl (C=O) groups excluding carboxylic acids is 2. The van der Waals surface area contributed by atoms with Crippen LogP contribution in [0.5, 0.6) is 23.0 Å². The molecule has 7 nitrogen and oxygen atoms in total. The smallest absolute Gasteiger partial charge is 0.270 e. The third kappa shape index (κ3) is 5.72. The molecule has 0 aliphatic carbocycles. The molecular weight excluding hydrogens is 476 g/mol. The van der Waals surface area contributed by atoms with E-state index in [2.05, 4.69) is 12.2 Å². The van der Waals surface area contributed by atoms with E-state index < -0.39 is 11.8 Å². The predicted molar refractivity (Wildman–Crippen MR) is 143 cm³/mol. The first kappa shape index (κ1) is 24.9. The minimum atomic E-state index is -0.562. The van der Waals surface area contributed by atoms with E-state index in [0.29, 0.717) is 40.9 Å². The Morgan fingerprint density at radius 3 is 2.36 bits per heavy atom. The summed E-state index contributed by atoms with van der Waals surface area (Å²) in [6.45, 7) is 2.67. The van der Waals surface area contributed by atoms with Gasteiger partial charge in [-0.1, -0.05) is 37.6 Å². The van der Waals surface area contributed by atoms with Crippen LogP contribution in [0.15, 0.2) is 78.4 Å². The molecule has 0 spiro atoms. The number of para-hydroxylation sites is 1. The summed E-state index contributed by atoms with van der Waals surface area (Å²) in [6.07, 6.45) is 3.46. The Bertz CT molecular complexity index is 1290. The normalized spacial score (nSPS) is 14.6. The third-order valence-electron chi connectivity index (χ3n) is 5.43. The molecule has 1 N–H and O–H groups in total. The lowest BCUT2D eigenvalue weighted by Gasteiger charge is -2.29. The first-order chi connectivity index (χ1) is 17.5. The minimum absolute atomic E-state index is 0.0103. The average Bonchev–Trinajstić information content (AvgIpc) is 2.88. The molecule has 2 amide bonds. The van der Waals surface area contributed by atoms with E-state index in [9.17, 15) is 9.59 Å². The van der Waals surface area contributed by atoms with E-state index in [1.54, 1.807) is 49.6 Å². The van der Waals surface area contributed by atoms with E-state index in [4.69, 9.17) is 26.4 Å². The van der Waals surface area contributed by atoms with Crippen LogP contribution in [0.1, 0.15) is 25.3 Å². The van der Waals surface area contributed by atoms with Crippen molar-refractivity contribution in [3.63, 3.8) is 0 Å². The molecule has 1 aliphatic rings. The van der Waals surface area contributed by atoms with Gasteiger partial charge in [0.1, 0.15) is 17.1 Å². The van der Waals surface area contributed by atoms with E-state index in [1.807, 2.05) is 30.3 Å². The maximum absolute atomic E-state index is 13.3. The van der Waals surface area contributed by atoms with Gasteiger partial charge in [-0.05, 0) is 78.8 Å². The second kappa shape index (κ2) is 11.5. The van der Waals surface area contributed by atoms with Crippen LogP contribution >= 0.6 is 12.2 Å². The Morgan fingerprint density at radius 1 is 0.944 bits per heavy atom. The van der Waals surface area contributed by atoms with Gasteiger partial charge >= 0.3 is 0 Å². The number of amides is 2. The SMILES string of the molecule is CCCCOc1ccc(/C=C2\C(=O)NC(=S)N(c3ccc(Oc4ccccc4)cc3)C2=O)cc1OC. The quantitative estimate of drug-likeness (QED) is 0.180. The van der Waals surface area contributed by atoms with Crippen molar-refractivity contribution in [2.75, 3.05) is 18.6 Å². The van der Waals surface area contributed by atoms with Gasteiger partial charge in [-0.2, -0.15) is 0 Å². The summed E-state index contributed by atoms with van der Waals surface area (Å²) in [5.41, 5.74) is 1.08. The summed E-state index contributed by atoms with van der Waals surface area (Å²) in [5, 5.41) is 2.61. The first-order valence-corrected chi connectivity index (χ1v) is 12.0. The van der Waals surface area contributed by atoms with E-state index in [1.165, 1.54) is 11.0 Å². The molecule has 1 saturated heterocycles. The number of nitrogens with one attached hydrogen (secondary N) is 1. The van der Waals surface area contributed by atoms with Gasteiger partial charge in [0.2, 0.25) is 0 Å². The Hall–Kier alpha value is -4.17. The molecule has 4 rings (SSSR count). The summed E-state index contributed by atoms with van der Waals surface area (Å²) in [5.74, 6) is 1.34. The van der Waals surface area contributed by atoms with Crippen LogP contribution in [0, 0.1) is 0 Å². The number of unbranched alkanes of at least 4 members (excludes halogenated alkanes) is 1. The summed E-state index contributed by atoms with van der Waals surface area (Å²) < 4.78 is 17.0. The predicted octanol–water partition coefficient (Wildman–Crippen LogP) is 5.50. The molecule has 184 valence electrons. The summed E-state index contributed by atoms with van der Waals surface area (Å²) in [6, 6.07) is 21.5. The van der Waals surface area contributed by atoms with Crippen molar-refractivity contribution in [2.24, 2.45) is 0 Å². The van der Waals surface area contributed by atoms with Gasteiger partial charge in [0.25, 0.3) is 11.8 Å². The van der Waals surface area contributed by atoms with Crippen LogP contribution < -0.4 is 24.4 Å². The summed E-state index contributed by atoms with van der Waals surface area (Å²) >= 11 is 5.30. The van der Waals surface area contributed by atoms with Crippen LogP contribution in [0.2, 0.25) is 0 Å². The van der Waals surface area contributed by atoms with Crippen molar-refractivity contribution in [3.05, 3.63) is 83.9 Å². The number of thiocarbonyl (C=S) groups is 1. The second-order valence-electron chi connectivity index (χ2n) is 7.98. The highest BCUT2D eigenvalue weighted by Crippen LogP contribution is 2.31. The van der Waals surface area contributed by atoms with Crippen molar-refractivity contribution < 1.29 is 23.8 Å². The largest absolute Gasteiger partial charge is 0.493 e. The number of hydrogen-bond acceptors (Lipinski definition) is 6. The van der Waals surface area contributed by atoms with Crippen molar-refractivity contribution >= 4 is 40.9 Å². The fourth-order valence-electron chi connectivity index (χ4n) is 3.57. The van der Waals surface area contributed by atoms with Gasteiger partial charge in [-0.3, -0.25) is 19.8 Å². The zero-order chi connectivity index (χ0) is 25.5. The highest BCUT2D eigenvalue weighted by molar-refractivity contribution is 7.80. The zero-order valence-corrected chi connectivity index (χ0v) is 20.8. The van der Waals surface area contributed by atoms with Gasteiger partial charge in [0, 0.05) is 0 Å². The number of anilines is 1. The molecule has 1 fully saturated rings. The number of ether oxygens (including phenoxy) is 3. The highest BCUT2D eigenvalue weighted by atomic mass is 32.1. The lowest BCUT2D eigenvalue weighted by Crippen LogP contribution is -2.54. The molecule has 3 aromatic carbocycles. The average molecular weight is 503 g/mol. The van der Waals surface area contributed by atoms with Crippen LogP contribution in [-0.4, -0.2) is 30.6 Å². The van der Waals surface area contributed by atoms with Crippen LogP contribution in [-0.2, 0) is 9.59 Å². The van der Waals surface area contributed by atoms with Crippen molar-refractivity contribution in [2.45, 2.75) is 19.8 Å². The summed E-state index contributed by atoms with van der Waals surface area (Å²) in [4.78, 5) is 27.3. The van der Waals surface area contributed by atoms with Gasteiger partial charge in [0.15, 0.2) is 16.6 Å². The maximum atomic E-state index is 13.3. The lowest BCUT2D eigenvalue weighted by atomic mass is 10.1. The number of carbonyl (C=O) groups is 2. The molecule has 0 saturated carbocycles. The first-order valence-electron chi connectivity index (χ1n) is 11.6. The summed E-state index contributed by atoms with van der Waals surface area (Å²) in [7, 11) is 1.54. The molecule has 36 heavy (non-hydrogen) atoms. The van der Waals surface area contributed by atoms with E-state index in [0.717, 1.165) is 12.8 Å². The monoisotopic (exact) mass is 502 g/mol. The van der Waals surface area contributed by atoms with Gasteiger partial charge in [-0.25, -0.2) is 0 Å². The number of hydrogen-bond donors (Lipinski definition) is 1. The molecule has 0 aromatic heterocycles. The van der Waals surface area contributed by atoms with Crippen molar-refractivity contribution in [1.82, 2.24) is 5.32 Å². The second-order valence-corrected chi connectivity index (χ2v) is 8.37. The number of nitrogens with zero attached hydrogens (tertiary/aromatic N) is 1. The van der Waals surface area contributed by atoms with Gasteiger partial charge in [-0.15, -0.1) is 0 Å². The van der Waals surface area contributed by atoms with E-state index in [-0.39, 0.29) is 10.7 Å². The topological polar surface area (TPSA) is 77.1 Å². The van der Waals surface area contributed by atoms with Crippen molar-refractivity contribution in [3.8, 4) is 23.0 Å². The molecule has 0 atom stereocenters. The standard InChI is InChI=1S/C28H26N2O5S/c1-3-4-16-34-24-15-10-19(18-25(24)33-2)17-23-26(31)29-28(36)30(27(23)32)20-11-13-22(14-12-20)35-21-8-6-5-7-9-21/h5-15,17-18H,3-4,16H2,1-2H3,(H,29,31,36)/b23-17+. The fourth-order valence-corrected chi connectivity index (χ4v) is 3.85. The molecule has 0 bridgehead atoms. The van der Waals surface area contributed by atoms with Gasteiger partial charge in [0.05, 0.1) is 19.4 Å². The Labute approximate surface area is 215 Å². The fraction of sp³-hybridized carbons (Fsp3) is 0.179. The molecule has 3 aromatic rings. The third-order valence-corrected chi connectivity index (χ3v) is 5.71. The molecule has 1 aliphatic heterocycles. The van der Waals surface area contributed by atoms with Crippen LogP contribution in [0.25, 0.3) is 6.08 Å². The maximum Gasteiger partial charge on any atom is 0.270 e. The number of benzene rings is 3. The van der Waals surface area contributed by atoms with E-state index >= 15 is 0 Å². The Kier molecular flexibility index (Phi) is 7.97. The van der Waals surface area contributed by atoms with Crippen LogP contribution in [0.4, 0.5) is 5.69 Å². The Morgan fingerprint density at radius 2 is 1.67 bits per heavy atom. The number of rotatable bonds is 9. The van der Waals surface area contributed by atoms with Crippen molar-refractivity contribution in [1.29, 1.82) is 0 Å². The van der Waals surface area contributed by atoms with Gasteiger partial charge < -0.3 is 14.2 Å².